The van der Waals surface area contributed by atoms with Gasteiger partial charge in [0.25, 0.3) is 0 Å². The predicted molar refractivity (Wildman–Crippen MR) is 42.3 cm³/mol. The van der Waals surface area contributed by atoms with Crippen LogP contribution in [0.4, 0.5) is 0 Å². The van der Waals surface area contributed by atoms with Crippen molar-refractivity contribution in [1.29, 1.82) is 0 Å². The fourth-order valence-electron chi connectivity index (χ4n) is 0.526. The molecule has 0 aromatic carbocycles. The summed E-state index contributed by atoms with van der Waals surface area (Å²) in [5.41, 5.74) is 0. The number of aliphatic carboxylic acids is 1. The Labute approximate surface area is 79.1 Å². The summed E-state index contributed by atoms with van der Waals surface area (Å²) in [5.74, 6) is -0.682. The SMILES string of the molecule is CCCCCC(=O)O.C[CH2][Zn]. The van der Waals surface area contributed by atoms with Crippen LogP contribution in [0.15, 0.2) is 0 Å². The number of carboxylic acid groups (broad SMARTS) is 1. The molecule has 0 amide bonds. The molecule has 0 aliphatic rings. The van der Waals surface area contributed by atoms with Crippen molar-refractivity contribution in [3.8, 4) is 0 Å². The standard InChI is InChI=1S/C6H12O2.C2H5.Zn/c1-2-3-4-5-6(7)8;1-2;/h2-5H2,1H3,(H,7,8);1H2,2H3;. The van der Waals surface area contributed by atoms with Crippen molar-refractivity contribution in [2.45, 2.75) is 44.5 Å². The van der Waals surface area contributed by atoms with Gasteiger partial charge in [0, 0.05) is 6.42 Å². The Kier molecular flexibility index (Phi) is 15.8. The molecule has 0 heterocycles. The van der Waals surface area contributed by atoms with E-state index in [0.29, 0.717) is 6.42 Å². The van der Waals surface area contributed by atoms with Crippen molar-refractivity contribution in [3.63, 3.8) is 0 Å². The molecule has 11 heavy (non-hydrogen) atoms. The van der Waals surface area contributed by atoms with Crippen molar-refractivity contribution in [2.75, 3.05) is 0 Å². The van der Waals surface area contributed by atoms with Crippen molar-refractivity contribution < 1.29 is 28.2 Å². The maximum atomic E-state index is 9.87. The second-order valence-corrected chi connectivity index (χ2v) is 4.45. The van der Waals surface area contributed by atoms with Crippen LogP contribution in [-0.4, -0.2) is 11.1 Å². The molecule has 0 bridgehead atoms. The zero-order chi connectivity index (χ0) is 9.11. The van der Waals surface area contributed by atoms with Crippen molar-refractivity contribution >= 4 is 5.97 Å². The predicted octanol–water partition coefficient (Wildman–Crippen LogP) is 2.62. The van der Waals surface area contributed by atoms with Crippen molar-refractivity contribution in [3.05, 3.63) is 0 Å². The second-order valence-electron chi connectivity index (χ2n) is 2.35. The summed E-state index contributed by atoms with van der Waals surface area (Å²) in [4.78, 5) is 9.87. The summed E-state index contributed by atoms with van der Waals surface area (Å²) >= 11 is 1.44. The topological polar surface area (TPSA) is 37.3 Å². The summed E-state index contributed by atoms with van der Waals surface area (Å²) in [5, 5.41) is 9.52. The average molecular weight is 211 g/mol. The van der Waals surface area contributed by atoms with E-state index in [4.69, 9.17) is 5.11 Å². The first-order valence-electron chi connectivity index (χ1n) is 4.20. The molecule has 0 atom stereocenters. The number of hydrogen-bond donors (Lipinski definition) is 1. The van der Waals surface area contributed by atoms with Gasteiger partial charge in [0.2, 0.25) is 0 Å². The Hall–Kier alpha value is 0.0934. The zero-order valence-electron chi connectivity index (χ0n) is 7.60. The van der Waals surface area contributed by atoms with Gasteiger partial charge in [0.05, 0.1) is 0 Å². The molecule has 63 valence electrons. The van der Waals surface area contributed by atoms with Crippen LogP contribution in [0, 0.1) is 0 Å². The number of unbranched alkanes of at least 4 members (excludes halogenated alkanes) is 2. The first kappa shape index (κ1) is 13.7. The molecule has 0 unspecified atom stereocenters. The van der Waals surface area contributed by atoms with Crippen LogP contribution in [0.2, 0.25) is 5.02 Å². The fourth-order valence-corrected chi connectivity index (χ4v) is 0.526. The third kappa shape index (κ3) is 25.5. The van der Waals surface area contributed by atoms with Crippen LogP contribution in [0.1, 0.15) is 39.5 Å². The van der Waals surface area contributed by atoms with E-state index in [-0.39, 0.29) is 0 Å². The minimum atomic E-state index is -0.682. The molecule has 3 heteroatoms. The van der Waals surface area contributed by atoms with Crippen LogP contribution in [0.25, 0.3) is 0 Å². The molecule has 0 aromatic rings. The van der Waals surface area contributed by atoms with Crippen LogP contribution in [0.3, 0.4) is 0 Å². The molecular weight excluding hydrogens is 193 g/mol. The van der Waals surface area contributed by atoms with E-state index in [2.05, 4.69) is 13.8 Å². The van der Waals surface area contributed by atoms with E-state index < -0.39 is 5.97 Å². The maximum absolute atomic E-state index is 9.87. The molecule has 0 rings (SSSR count). The summed E-state index contributed by atoms with van der Waals surface area (Å²) in [6, 6.07) is 0. The van der Waals surface area contributed by atoms with E-state index in [1.165, 1.54) is 23.3 Å². The van der Waals surface area contributed by atoms with Crippen LogP contribution < -0.4 is 0 Å². The van der Waals surface area contributed by atoms with Crippen molar-refractivity contribution in [2.24, 2.45) is 0 Å². The quantitative estimate of drug-likeness (QED) is 0.572. The van der Waals surface area contributed by atoms with Gasteiger partial charge in [-0.3, -0.25) is 4.79 Å². The normalized spacial score (nSPS) is 8.36. The number of rotatable bonds is 4. The van der Waals surface area contributed by atoms with Gasteiger partial charge in [0.15, 0.2) is 0 Å². The van der Waals surface area contributed by atoms with E-state index in [1.807, 2.05) is 0 Å². The molecule has 0 aromatic heterocycles. The Bertz CT molecular complexity index is 84.2. The monoisotopic (exact) mass is 209 g/mol. The Balaban J connectivity index is 0. The molecule has 0 fully saturated rings. The second kappa shape index (κ2) is 12.7. The van der Waals surface area contributed by atoms with Crippen molar-refractivity contribution in [1.82, 2.24) is 0 Å². The zero-order valence-corrected chi connectivity index (χ0v) is 10.6. The molecule has 0 radical (unpaired) electrons. The minimum absolute atomic E-state index is 0.327. The van der Waals surface area contributed by atoms with Gasteiger partial charge >= 0.3 is 36.2 Å². The molecular formula is C8H17O2Zn. The average Bonchev–Trinajstić information content (AvgIpc) is 1.89. The number of carboxylic acids is 1. The molecule has 0 aliphatic heterocycles. The van der Waals surface area contributed by atoms with E-state index in [1.54, 1.807) is 0 Å². The first-order valence-corrected chi connectivity index (χ1v) is 6.29. The summed E-state index contributed by atoms with van der Waals surface area (Å²) in [6.45, 7) is 4.24. The Morgan fingerprint density at radius 3 is 2.09 bits per heavy atom. The summed E-state index contributed by atoms with van der Waals surface area (Å²) in [7, 11) is 0. The van der Waals surface area contributed by atoms with Gasteiger partial charge in [-0.1, -0.05) is 19.8 Å². The van der Waals surface area contributed by atoms with Crippen LogP contribution in [0.5, 0.6) is 0 Å². The van der Waals surface area contributed by atoms with E-state index >= 15 is 0 Å². The molecule has 0 aliphatic carbocycles. The van der Waals surface area contributed by atoms with Gasteiger partial charge in [-0.05, 0) is 6.42 Å². The van der Waals surface area contributed by atoms with Gasteiger partial charge in [-0.2, -0.15) is 0 Å². The van der Waals surface area contributed by atoms with E-state index in [9.17, 15) is 4.79 Å². The fraction of sp³-hybridized carbons (Fsp3) is 0.875. The Morgan fingerprint density at radius 2 is 1.82 bits per heavy atom. The van der Waals surface area contributed by atoms with Gasteiger partial charge in [0.1, 0.15) is 0 Å². The van der Waals surface area contributed by atoms with Crippen LogP contribution >= 0.6 is 0 Å². The molecule has 0 spiro atoms. The number of hydrogen-bond acceptors (Lipinski definition) is 1. The third-order valence-corrected chi connectivity index (χ3v) is 0.994. The summed E-state index contributed by atoms with van der Waals surface area (Å²) in [6.07, 6.45) is 3.28. The first-order chi connectivity index (χ1) is 5.18. The van der Waals surface area contributed by atoms with Gasteiger partial charge in [-0.25, -0.2) is 0 Å². The molecule has 2 nitrogen and oxygen atoms in total. The van der Waals surface area contributed by atoms with Crippen LogP contribution in [-0.2, 0) is 23.1 Å². The van der Waals surface area contributed by atoms with Gasteiger partial charge in [-0.15, -0.1) is 0 Å². The third-order valence-electron chi connectivity index (χ3n) is 0.994. The Morgan fingerprint density at radius 1 is 1.36 bits per heavy atom. The van der Waals surface area contributed by atoms with E-state index in [0.717, 1.165) is 19.3 Å². The summed E-state index contributed by atoms with van der Waals surface area (Å²) < 4.78 is 0. The molecule has 0 saturated heterocycles. The number of carbonyl (C=O) groups is 1. The molecule has 0 saturated carbocycles. The molecule has 1 N–H and O–H groups in total. The van der Waals surface area contributed by atoms with Gasteiger partial charge < -0.3 is 5.11 Å².